The van der Waals surface area contributed by atoms with E-state index in [2.05, 4.69) is 39.6 Å². The largest absolute Gasteiger partial charge is 0.377 e. The third kappa shape index (κ3) is 3.82. The van der Waals surface area contributed by atoms with Gasteiger partial charge in [0.05, 0.1) is 12.6 Å². The molecule has 2 aliphatic heterocycles. The second-order valence-corrected chi connectivity index (χ2v) is 8.20. The van der Waals surface area contributed by atoms with Gasteiger partial charge in [-0.1, -0.05) is 13.8 Å². The predicted molar refractivity (Wildman–Crippen MR) is 113 cm³/mol. The number of halogens is 1. The summed E-state index contributed by atoms with van der Waals surface area (Å²) in [6.45, 7) is 6.71. The van der Waals surface area contributed by atoms with Gasteiger partial charge in [0, 0.05) is 50.6 Å². The van der Waals surface area contributed by atoms with Crippen LogP contribution >= 0.6 is 24.0 Å². The first kappa shape index (κ1) is 20.8. The molecule has 2 N–H and O–H groups in total. The molecule has 4 unspecified atom stereocenters. The molecule has 1 aliphatic carbocycles. The summed E-state index contributed by atoms with van der Waals surface area (Å²) >= 11 is 0. The molecule has 2 fully saturated rings. The van der Waals surface area contributed by atoms with E-state index >= 15 is 0 Å². The summed E-state index contributed by atoms with van der Waals surface area (Å²) in [5, 5.41) is 11.8. The van der Waals surface area contributed by atoms with Crippen molar-refractivity contribution in [1.29, 1.82) is 0 Å². The van der Waals surface area contributed by atoms with Crippen LogP contribution in [-0.4, -0.2) is 59.7 Å². The van der Waals surface area contributed by atoms with Crippen LogP contribution in [0.1, 0.15) is 38.3 Å². The zero-order valence-corrected chi connectivity index (χ0v) is 18.9. The molecule has 4 rings (SSSR count). The van der Waals surface area contributed by atoms with Crippen LogP contribution in [0.2, 0.25) is 0 Å². The number of aromatic nitrogens is 3. The Morgan fingerprint density at radius 1 is 1.37 bits per heavy atom. The summed E-state index contributed by atoms with van der Waals surface area (Å²) in [6, 6.07) is 0.699. The maximum Gasteiger partial charge on any atom is 0.191 e. The van der Waals surface area contributed by atoms with Gasteiger partial charge in [0.25, 0.3) is 0 Å². The van der Waals surface area contributed by atoms with Crippen LogP contribution in [-0.2, 0) is 29.0 Å². The van der Waals surface area contributed by atoms with Gasteiger partial charge in [0.1, 0.15) is 12.4 Å². The monoisotopic (exact) mass is 490 g/mol. The number of methoxy groups -OCH3 is 1. The first-order chi connectivity index (χ1) is 12.5. The van der Waals surface area contributed by atoms with Crippen LogP contribution in [0.15, 0.2) is 4.99 Å². The van der Waals surface area contributed by atoms with E-state index in [0.717, 1.165) is 50.0 Å². The molecule has 0 radical (unpaired) electrons. The Labute approximate surface area is 177 Å². The fraction of sp³-hybridized carbons (Fsp3) is 0.833. The van der Waals surface area contributed by atoms with Crippen molar-refractivity contribution in [3.05, 3.63) is 11.6 Å². The van der Waals surface area contributed by atoms with E-state index in [1.807, 2.05) is 11.7 Å². The van der Waals surface area contributed by atoms with Crippen molar-refractivity contribution in [2.75, 3.05) is 20.8 Å². The molecule has 0 spiro atoms. The fourth-order valence-electron chi connectivity index (χ4n) is 4.80. The molecule has 1 aromatic rings. The Bertz CT molecular complexity index is 691. The van der Waals surface area contributed by atoms with Crippen molar-refractivity contribution >= 4 is 29.9 Å². The van der Waals surface area contributed by atoms with E-state index < -0.39 is 0 Å². The molecule has 1 aromatic heterocycles. The zero-order chi connectivity index (χ0) is 18.3. The van der Waals surface area contributed by atoms with E-state index in [1.165, 1.54) is 0 Å². The van der Waals surface area contributed by atoms with Crippen LogP contribution in [0.3, 0.4) is 0 Å². The molecule has 3 heterocycles. The molecule has 8 nitrogen and oxygen atoms in total. The van der Waals surface area contributed by atoms with Crippen LogP contribution in [0.5, 0.6) is 0 Å². The lowest BCUT2D eigenvalue weighted by molar-refractivity contribution is -0.106. The first-order valence-electron chi connectivity index (χ1n) is 9.56. The zero-order valence-electron chi connectivity index (χ0n) is 16.6. The molecule has 3 aliphatic rings. The number of aliphatic imine (C=N–C) groups is 1. The lowest BCUT2D eigenvalue weighted by Crippen LogP contribution is -2.68. The van der Waals surface area contributed by atoms with E-state index in [1.54, 1.807) is 7.11 Å². The van der Waals surface area contributed by atoms with Gasteiger partial charge in [0.2, 0.25) is 0 Å². The predicted octanol–water partition coefficient (Wildman–Crippen LogP) is 1.34. The van der Waals surface area contributed by atoms with Crippen molar-refractivity contribution in [3.63, 3.8) is 0 Å². The molecule has 0 amide bonds. The summed E-state index contributed by atoms with van der Waals surface area (Å²) in [4.78, 5) is 9.00. The Hall–Kier alpha value is -0.940. The average Bonchev–Trinajstić information content (AvgIpc) is 3.23. The van der Waals surface area contributed by atoms with Gasteiger partial charge in [-0.2, -0.15) is 5.10 Å². The van der Waals surface area contributed by atoms with Gasteiger partial charge >= 0.3 is 0 Å². The number of hydrogen-bond acceptors (Lipinski definition) is 5. The number of nitrogens with zero attached hydrogens (tertiary/aromatic N) is 4. The summed E-state index contributed by atoms with van der Waals surface area (Å²) in [5.74, 6) is 3.27. The fourth-order valence-corrected chi connectivity index (χ4v) is 4.80. The number of hydrogen-bond donors (Lipinski definition) is 2. The van der Waals surface area contributed by atoms with Gasteiger partial charge in [-0.05, 0) is 12.8 Å². The molecule has 4 atom stereocenters. The van der Waals surface area contributed by atoms with Crippen molar-refractivity contribution in [3.8, 4) is 0 Å². The number of nitrogens with one attached hydrogen (secondary N) is 2. The molecule has 0 bridgehead atoms. The van der Waals surface area contributed by atoms with Crippen molar-refractivity contribution in [1.82, 2.24) is 25.4 Å². The highest BCUT2D eigenvalue weighted by molar-refractivity contribution is 14.0. The average molecular weight is 490 g/mol. The summed E-state index contributed by atoms with van der Waals surface area (Å²) in [5.41, 5.74) is 0.138. The van der Waals surface area contributed by atoms with Gasteiger partial charge < -0.3 is 20.1 Å². The second-order valence-electron chi connectivity index (χ2n) is 8.20. The summed E-state index contributed by atoms with van der Waals surface area (Å²) in [6.07, 6.45) is 3.45. The highest BCUT2D eigenvalue weighted by Gasteiger charge is 2.59. The molecule has 27 heavy (non-hydrogen) atoms. The van der Waals surface area contributed by atoms with Crippen LogP contribution < -0.4 is 10.6 Å². The quantitative estimate of drug-likeness (QED) is 0.377. The Kier molecular flexibility index (Phi) is 6.31. The van der Waals surface area contributed by atoms with Crippen molar-refractivity contribution < 1.29 is 9.47 Å². The molecule has 1 saturated carbocycles. The van der Waals surface area contributed by atoms with Crippen LogP contribution in [0.4, 0.5) is 0 Å². The van der Waals surface area contributed by atoms with Crippen molar-refractivity contribution in [2.45, 2.75) is 64.4 Å². The maximum atomic E-state index is 5.89. The summed E-state index contributed by atoms with van der Waals surface area (Å²) < 4.78 is 13.0. The molecule has 1 saturated heterocycles. The topological polar surface area (TPSA) is 85.6 Å². The third-order valence-electron chi connectivity index (χ3n) is 6.13. The molecule has 152 valence electrons. The lowest BCUT2D eigenvalue weighted by atomic mass is 9.57. The normalized spacial score (nSPS) is 31.3. The molecule has 0 aromatic carbocycles. The Morgan fingerprint density at radius 3 is 2.93 bits per heavy atom. The SMILES string of the molecule is CN=C(NC1CCc2nc(COC)nn2C1)NC1C2CCOC2C1(C)C.I. The van der Waals surface area contributed by atoms with Gasteiger partial charge in [-0.25, -0.2) is 9.67 Å². The minimum Gasteiger partial charge on any atom is -0.377 e. The number of fused-ring (bicyclic) bond motifs is 2. The minimum atomic E-state index is 0. The number of aryl methyl sites for hydroxylation is 1. The van der Waals surface area contributed by atoms with Crippen LogP contribution in [0.25, 0.3) is 0 Å². The Balaban J connectivity index is 0.00000210. The second kappa shape index (κ2) is 8.20. The van der Waals surface area contributed by atoms with Gasteiger partial charge in [-0.15, -0.1) is 24.0 Å². The van der Waals surface area contributed by atoms with E-state index in [0.29, 0.717) is 30.7 Å². The van der Waals surface area contributed by atoms with E-state index in [-0.39, 0.29) is 29.4 Å². The lowest BCUT2D eigenvalue weighted by Gasteiger charge is -2.55. The highest BCUT2D eigenvalue weighted by atomic mass is 127. The summed E-state index contributed by atoms with van der Waals surface area (Å²) in [7, 11) is 3.51. The van der Waals surface area contributed by atoms with Crippen LogP contribution in [0, 0.1) is 11.3 Å². The smallest absolute Gasteiger partial charge is 0.191 e. The van der Waals surface area contributed by atoms with Crippen molar-refractivity contribution in [2.24, 2.45) is 16.3 Å². The maximum absolute atomic E-state index is 5.89. The van der Waals surface area contributed by atoms with Gasteiger partial charge in [0.15, 0.2) is 11.8 Å². The van der Waals surface area contributed by atoms with E-state index in [9.17, 15) is 0 Å². The number of ether oxygens (including phenoxy) is 2. The highest BCUT2D eigenvalue weighted by Crippen LogP contribution is 2.52. The minimum absolute atomic E-state index is 0. The standard InChI is InChI=1S/C18H30N6O2.HI/c1-18(2)15(12-7-8-26-16(12)18)22-17(19-3)20-11-5-6-14-21-13(10-25-4)23-24(14)9-11;/h11-12,15-16H,5-10H2,1-4H3,(H2,19,20,22);1H. The van der Waals surface area contributed by atoms with Gasteiger partial charge in [-0.3, -0.25) is 4.99 Å². The number of rotatable bonds is 4. The Morgan fingerprint density at radius 2 is 2.19 bits per heavy atom. The van der Waals surface area contributed by atoms with E-state index in [4.69, 9.17) is 9.47 Å². The molecular formula is C18H31IN6O2. The molecular weight excluding hydrogens is 459 g/mol. The first-order valence-corrected chi connectivity index (χ1v) is 9.56. The molecule has 9 heteroatoms. The number of guanidine groups is 1. The third-order valence-corrected chi connectivity index (χ3v) is 6.13.